The van der Waals surface area contributed by atoms with Crippen LogP contribution < -0.4 is 5.32 Å². The third-order valence-corrected chi connectivity index (χ3v) is 2.72. The Balaban J connectivity index is 2.32. The normalized spacial score (nSPS) is 10.1. The Labute approximate surface area is 89.1 Å². The molecular weight excluding hydrogens is 194 g/mol. The first-order valence-electron chi connectivity index (χ1n) is 4.64. The lowest BCUT2D eigenvalue weighted by molar-refractivity contribution is -0.107. The Kier molecular flexibility index (Phi) is 5.33. The van der Waals surface area contributed by atoms with Crippen LogP contribution in [-0.2, 0) is 11.2 Å². The van der Waals surface area contributed by atoms with Gasteiger partial charge in [-0.05, 0) is 36.9 Å². The number of benzene rings is 1. The summed E-state index contributed by atoms with van der Waals surface area (Å²) in [6.45, 7) is 1.31. The second-order valence-corrected chi connectivity index (χ2v) is 3.85. The summed E-state index contributed by atoms with van der Waals surface area (Å²) in [5, 5.41) is 3.04. The second-order valence-electron chi connectivity index (χ2n) is 2.97. The van der Waals surface area contributed by atoms with E-state index in [0.717, 1.165) is 19.3 Å². The Morgan fingerprint density at radius 3 is 2.64 bits per heavy atom. The summed E-state index contributed by atoms with van der Waals surface area (Å²) >= 11 is 1.75. The summed E-state index contributed by atoms with van der Waals surface area (Å²) in [6.07, 6.45) is 3.93. The van der Waals surface area contributed by atoms with Crippen LogP contribution in [0.2, 0.25) is 0 Å². The molecule has 0 spiro atoms. The lowest BCUT2D eigenvalue weighted by Gasteiger charge is -2.02. The highest BCUT2D eigenvalue weighted by Gasteiger charge is 1.93. The van der Waals surface area contributed by atoms with E-state index in [1.807, 2.05) is 0 Å². The molecule has 0 aliphatic heterocycles. The van der Waals surface area contributed by atoms with Crippen molar-refractivity contribution in [2.45, 2.75) is 11.3 Å². The van der Waals surface area contributed by atoms with E-state index < -0.39 is 0 Å². The van der Waals surface area contributed by atoms with Crippen molar-refractivity contribution in [3.63, 3.8) is 0 Å². The van der Waals surface area contributed by atoms with E-state index in [4.69, 9.17) is 0 Å². The van der Waals surface area contributed by atoms with Gasteiger partial charge in [-0.15, -0.1) is 11.8 Å². The van der Waals surface area contributed by atoms with E-state index in [0.29, 0.717) is 6.54 Å². The minimum absolute atomic E-state index is 0.447. The van der Waals surface area contributed by atoms with Crippen molar-refractivity contribution in [3.8, 4) is 0 Å². The lowest BCUT2D eigenvalue weighted by atomic mass is 10.1. The first-order valence-corrected chi connectivity index (χ1v) is 5.86. The number of hydrogen-bond donors (Lipinski definition) is 1. The first-order chi connectivity index (χ1) is 6.86. The van der Waals surface area contributed by atoms with E-state index >= 15 is 0 Å². The van der Waals surface area contributed by atoms with Crippen molar-refractivity contribution in [3.05, 3.63) is 29.8 Å². The number of carbonyl (C=O) groups is 1. The zero-order valence-corrected chi connectivity index (χ0v) is 9.14. The Morgan fingerprint density at radius 1 is 1.36 bits per heavy atom. The van der Waals surface area contributed by atoms with Gasteiger partial charge >= 0.3 is 0 Å². The SMILES string of the molecule is CSc1ccc(CCNCC=O)cc1. The molecule has 2 nitrogen and oxygen atoms in total. The average molecular weight is 209 g/mol. The Morgan fingerprint density at radius 2 is 2.07 bits per heavy atom. The van der Waals surface area contributed by atoms with Crippen molar-refractivity contribution in [1.82, 2.24) is 5.32 Å². The molecule has 0 heterocycles. The predicted molar refractivity (Wildman–Crippen MR) is 60.9 cm³/mol. The number of carbonyl (C=O) groups excluding carboxylic acids is 1. The molecule has 0 atom stereocenters. The molecule has 3 heteroatoms. The van der Waals surface area contributed by atoms with Gasteiger partial charge in [0, 0.05) is 4.90 Å². The van der Waals surface area contributed by atoms with Crippen molar-refractivity contribution in [2.75, 3.05) is 19.3 Å². The summed E-state index contributed by atoms with van der Waals surface area (Å²) in [7, 11) is 0. The summed E-state index contributed by atoms with van der Waals surface area (Å²) in [5.41, 5.74) is 1.31. The molecule has 0 fully saturated rings. The molecule has 1 N–H and O–H groups in total. The highest BCUT2D eigenvalue weighted by atomic mass is 32.2. The fourth-order valence-corrected chi connectivity index (χ4v) is 1.59. The van der Waals surface area contributed by atoms with E-state index in [2.05, 4.69) is 35.8 Å². The van der Waals surface area contributed by atoms with Gasteiger partial charge in [0.25, 0.3) is 0 Å². The van der Waals surface area contributed by atoms with Crippen LogP contribution in [0.3, 0.4) is 0 Å². The highest BCUT2D eigenvalue weighted by Crippen LogP contribution is 2.14. The number of aldehydes is 1. The molecule has 0 aliphatic rings. The molecule has 0 amide bonds. The van der Waals surface area contributed by atoms with Crippen LogP contribution in [0.5, 0.6) is 0 Å². The van der Waals surface area contributed by atoms with Crippen molar-refractivity contribution in [1.29, 1.82) is 0 Å². The quantitative estimate of drug-likeness (QED) is 0.439. The molecule has 1 aromatic carbocycles. The fraction of sp³-hybridized carbons (Fsp3) is 0.364. The molecule has 0 aromatic heterocycles. The molecule has 76 valence electrons. The van der Waals surface area contributed by atoms with E-state index in [-0.39, 0.29) is 0 Å². The predicted octanol–water partition coefficient (Wildman–Crippen LogP) is 1.74. The standard InChI is InChI=1S/C11H15NOS/c1-14-11-4-2-10(3-5-11)6-7-12-8-9-13/h2-5,9,12H,6-8H2,1H3. The van der Waals surface area contributed by atoms with E-state index in [1.165, 1.54) is 10.5 Å². The van der Waals surface area contributed by atoms with Gasteiger partial charge in [-0.3, -0.25) is 0 Å². The molecular formula is C11H15NOS. The van der Waals surface area contributed by atoms with Gasteiger partial charge in [0.2, 0.25) is 0 Å². The molecule has 1 rings (SSSR count). The molecule has 0 aliphatic carbocycles. The Bertz CT molecular complexity index is 271. The lowest BCUT2D eigenvalue weighted by Crippen LogP contribution is -2.19. The first kappa shape index (κ1) is 11.3. The van der Waals surface area contributed by atoms with Gasteiger partial charge in [0.05, 0.1) is 6.54 Å². The van der Waals surface area contributed by atoms with Gasteiger partial charge in [-0.1, -0.05) is 12.1 Å². The minimum atomic E-state index is 0.447. The molecule has 0 saturated carbocycles. The van der Waals surface area contributed by atoms with Gasteiger partial charge in [0.1, 0.15) is 6.29 Å². The molecule has 0 bridgehead atoms. The summed E-state index contributed by atoms with van der Waals surface area (Å²) < 4.78 is 0. The van der Waals surface area contributed by atoms with Crippen LogP contribution in [0.25, 0.3) is 0 Å². The van der Waals surface area contributed by atoms with E-state index in [1.54, 1.807) is 11.8 Å². The third-order valence-electron chi connectivity index (χ3n) is 1.98. The maximum Gasteiger partial charge on any atom is 0.133 e. The summed E-state index contributed by atoms with van der Waals surface area (Å²) in [4.78, 5) is 11.3. The molecule has 0 radical (unpaired) electrons. The van der Waals surface area contributed by atoms with Crippen LogP contribution in [0, 0.1) is 0 Å². The van der Waals surface area contributed by atoms with Crippen molar-refractivity contribution >= 4 is 18.0 Å². The third kappa shape index (κ3) is 3.94. The zero-order valence-electron chi connectivity index (χ0n) is 8.32. The molecule has 1 aromatic rings. The zero-order chi connectivity index (χ0) is 10.2. The van der Waals surface area contributed by atoms with Crippen LogP contribution >= 0.6 is 11.8 Å². The Hall–Kier alpha value is -0.800. The monoisotopic (exact) mass is 209 g/mol. The van der Waals surface area contributed by atoms with Crippen molar-refractivity contribution < 1.29 is 4.79 Å². The fourth-order valence-electron chi connectivity index (χ4n) is 1.19. The largest absolute Gasteiger partial charge is 0.310 e. The van der Waals surface area contributed by atoms with Crippen molar-refractivity contribution in [2.24, 2.45) is 0 Å². The van der Waals surface area contributed by atoms with Gasteiger partial charge < -0.3 is 10.1 Å². The molecule has 14 heavy (non-hydrogen) atoms. The number of nitrogens with one attached hydrogen (secondary N) is 1. The summed E-state index contributed by atoms with van der Waals surface area (Å²) in [5.74, 6) is 0. The smallest absolute Gasteiger partial charge is 0.133 e. The van der Waals surface area contributed by atoms with Crippen LogP contribution in [0.4, 0.5) is 0 Å². The van der Waals surface area contributed by atoms with Gasteiger partial charge in [-0.2, -0.15) is 0 Å². The van der Waals surface area contributed by atoms with Crippen LogP contribution in [-0.4, -0.2) is 25.6 Å². The van der Waals surface area contributed by atoms with Crippen LogP contribution in [0.1, 0.15) is 5.56 Å². The topological polar surface area (TPSA) is 29.1 Å². The molecule has 0 unspecified atom stereocenters. The number of thioether (sulfide) groups is 1. The molecule has 0 saturated heterocycles. The van der Waals surface area contributed by atoms with E-state index in [9.17, 15) is 4.79 Å². The average Bonchev–Trinajstić information content (AvgIpc) is 2.25. The highest BCUT2D eigenvalue weighted by molar-refractivity contribution is 7.98. The van der Waals surface area contributed by atoms with Gasteiger partial charge in [-0.25, -0.2) is 0 Å². The maximum absolute atomic E-state index is 10.0. The second kappa shape index (κ2) is 6.62. The maximum atomic E-state index is 10.0. The van der Waals surface area contributed by atoms with Crippen LogP contribution in [0.15, 0.2) is 29.2 Å². The van der Waals surface area contributed by atoms with Gasteiger partial charge in [0.15, 0.2) is 0 Å². The minimum Gasteiger partial charge on any atom is -0.310 e. The number of rotatable bonds is 6. The summed E-state index contributed by atoms with van der Waals surface area (Å²) in [6, 6.07) is 8.52. The number of hydrogen-bond acceptors (Lipinski definition) is 3.